The maximum Gasteiger partial charge on any atom is 0.263 e. The molecule has 0 fully saturated rings. The first-order valence-electron chi connectivity index (χ1n) is 5.83. The van der Waals surface area contributed by atoms with E-state index >= 15 is 0 Å². The Balaban J connectivity index is 1.94. The van der Waals surface area contributed by atoms with Crippen LogP contribution in [0.25, 0.3) is 0 Å². The molecule has 0 saturated carbocycles. The molecule has 0 atom stereocenters. The minimum atomic E-state index is -3.71. The van der Waals surface area contributed by atoms with Gasteiger partial charge in [-0.05, 0) is 46.3 Å². The molecule has 2 aromatic carbocycles. The molecule has 0 aliphatic carbocycles. The molecule has 0 amide bonds. The van der Waals surface area contributed by atoms with Crippen molar-refractivity contribution in [3.05, 3.63) is 45.3 Å². The number of nitrogens with one attached hydrogen (secondary N) is 1. The summed E-state index contributed by atoms with van der Waals surface area (Å²) in [4.78, 5) is 0.148. The molecule has 3 rings (SSSR count). The third-order valence-electron chi connectivity index (χ3n) is 2.81. The Kier molecular flexibility index (Phi) is 3.85. The van der Waals surface area contributed by atoms with Crippen molar-refractivity contribution in [1.29, 1.82) is 0 Å². The van der Waals surface area contributed by atoms with Crippen molar-refractivity contribution in [2.75, 3.05) is 11.5 Å². The molecule has 110 valence electrons. The van der Waals surface area contributed by atoms with Crippen molar-refractivity contribution < 1.29 is 17.9 Å². The molecule has 1 aliphatic heterocycles. The summed E-state index contributed by atoms with van der Waals surface area (Å²) >= 11 is 6.51. The highest BCUT2D eigenvalue weighted by Gasteiger charge is 2.20. The maximum atomic E-state index is 12.4. The summed E-state index contributed by atoms with van der Waals surface area (Å²) in [6, 6.07) is 9.82. The summed E-state index contributed by atoms with van der Waals surface area (Å²) < 4.78 is 39.0. The van der Waals surface area contributed by atoms with E-state index in [0.29, 0.717) is 26.1 Å². The van der Waals surface area contributed by atoms with Gasteiger partial charge in [-0.15, -0.1) is 0 Å². The van der Waals surface area contributed by atoms with Crippen molar-refractivity contribution in [2.24, 2.45) is 0 Å². The molecule has 21 heavy (non-hydrogen) atoms. The van der Waals surface area contributed by atoms with Crippen LogP contribution in [0.1, 0.15) is 0 Å². The maximum absolute atomic E-state index is 12.4. The lowest BCUT2D eigenvalue weighted by Gasteiger charge is -2.10. The van der Waals surface area contributed by atoms with Gasteiger partial charge in [0.25, 0.3) is 10.0 Å². The molecule has 0 spiro atoms. The smallest absolute Gasteiger partial charge is 0.263 e. The fraction of sp³-hybridized carbons (Fsp3) is 0.0769. The van der Waals surface area contributed by atoms with Crippen molar-refractivity contribution in [1.82, 2.24) is 0 Å². The van der Waals surface area contributed by atoms with Gasteiger partial charge >= 0.3 is 0 Å². The molecule has 0 radical (unpaired) electrons. The Morgan fingerprint density at radius 2 is 1.76 bits per heavy atom. The van der Waals surface area contributed by atoms with Gasteiger partial charge in [0.15, 0.2) is 11.5 Å². The molecular formula is C13H9Br2NO4S. The fourth-order valence-electron chi connectivity index (χ4n) is 1.85. The SMILES string of the molecule is O=S(=O)(Nc1ccc2c(c1)OCO2)c1cc(Br)ccc1Br. The van der Waals surface area contributed by atoms with Gasteiger partial charge in [-0.2, -0.15) is 0 Å². The predicted octanol–water partition coefficient (Wildman–Crippen LogP) is 3.74. The van der Waals surface area contributed by atoms with Gasteiger partial charge in [0.05, 0.1) is 5.69 Å². The fourth-order valence-corrected chi connectivity index (χ4v) is 4.41. The van der Waals surface area contributed by atoms with Gasteiger partial charge < -0.3 is 9.47 Å². The second-order valence-corrected chi connectivity index (χ2v) is 7.67. The first kappa shape index (κ1) is 14.7. The van der Waals surface area contributed by atoms with Gasteiger partial charge in [-0.25, -0.2) is 8.42 Å². The number of anilines is 1. The molecule has 5 nitrogen and oxygen atoms in total. The molecule has 1 N–H and O–H groups in total. The number of rotatable bonds is 3. The lowest BCUT2D eigenvalue weighted by atomic mass is 10.3. The Labute approximate surface area is 138 Å². The minimum Gasteiger partial charge on any atom is -0.454 e. The van der Waals surface area contributed by atoms with Crippen LogP contribution >= 0.6 is 31.9 Å². The Hall–Kier alpha value is -1.25. The van der Waals surface area contributed by atoms with Gasteiger partial charge in [-0.1, -0.05) is 15.9 Å². The molecule has 2 aromatic rings. The molecule has 1 aliphatic rings. The van der Waals surface area contributed by atoms with Gasteiger partial charge in [0, 0.05) is 15.0 Å². The average Bonchev–Trinajstić information content (AvgIpc) is 2.88. The number of benzene rings is 2. The van der Waals surface area contributed by atoms with Crippen LogP contribution in [-0.4, -0.2) is 15.2 Å². The standard InChI is InChI=1S/C13H9Br2NO4S/c14-8-1-3-10(15)13(5-8)21(17,18)16-9-2-4-11-12(6-9)20-7-19-11/h1-6,16H,7H2. The highest BCUT2D eigenvalue weighted by molar-refractivity contribution is 9.11. The van der Waals surface area contributed by atoms with E-state index in [9.17, 15) is 8.42 Å². The third kappa shape index (κ3) is 3.02. The van der Waals surface area contributed by atoms with E-state index in [2.05, 4.69) is 36.6 Å². The van der Waals surface area contributed by atoms with Gasteiger partial charge in [-0.3, -0.25) is 4.72 Å². The topological polar surface area (TPSA) is 64.6 Å². The van der Waals surface area contributed by atoms with E-state index in [0.717, 1.165) is 0 Å². The third-order valence-corrected chi connectivity index (χ3v) is 5.68. The van der Waals surface area contributed by atoms with Gasteiger partial charge in [0.2, 0.25) is 6.79 Å². The molecule has 0 unspecified atom stereocenters. The normalized spacial score (nSPS) is 13.2. The van der Waals surface area contributed by atoms with Crippen LogP contribution < -0.4 is 14.2 Å². The second kappa shape index (κ2) is 5.51. The van der Waals surface area contributed by atoms with E-state index < -0.39 is 10.0 Å². The molecule has 1 heterocycles. The minimum absolute atomic E-state index is 0.142. The Morgan fingerprint density at radius 3 is 2.57 bits per heavy atom. The Bertz CT molecular complexity index is 808. The van der Waals surface area contributed by atoms with E-state index in [-0.39, 0.29) is 11.7 Å². The van der Waals surface area contributed by atoms with E-state index in [1.807, 2.05) is 0 Å². The summed E-state index contributed by atoms with van der Waals surface area (Å²) in [6.45, 7) is 0.142. The van der Waals surface area contributed by atoms with Crippen LogP contribution in [0.5, 0.6) is 11.5 Å². The number of halogens is 2. The number of hydrogen-bond acceptors (Lipinski definition) is 4. The van der Waals surface area contributed by atoms with Crippen molar-refractivity contribution in [3.8, 4) is 11.5 Å². The molecular weight excluding hydrogens is 426 g/mol. The molecule has 0 bridgehead atoms. The molecule has 0 aromatic heterocycles. The van der Waals surface area contributed by atoms with E-state index in [4.69, 9.17) is 9.47 Å². The van der Waals surface area contributed by atoms with Crippen LogP contribution in [0.4, 0.5) is 5.69 Å². The zero-order chi connectivity index (χ0) is 15.0. The number of sulfonamides is 1. The zero-order valence-corrected chi connectivity index (χ0v) is 14.5. The van der Waals surface area contributed by atoms with Crippen LogP contribution in [0.15, 0.2) is 50.2 Å². The molecule has 8 heteroatoms. The van der Waals surface area contributed by atoms with Crippen molar-refractivity contribution in [2.45, 2.75) is 4.90 Å². The van der Waals surface area contributed by atoms with Gasteiger partial charge in [0.1, 0.15) is 4.90 Å². The van der Waals surface area contributed by atoms with Crippen LogP contribution in [0, 0.1) is 0 Å². The average molecular weight is 435 g/mol. The summed E-state index contributed by atoms with van der Waals surface area (Å²) in [6.07, 6.45) is 0. The second-order valence-electron chi connectivity index (χ2n) is 4.25. The monoisotopic (exact) mass is 433 g/mol. The van der Waals surface area contributed by atoms with Crippen molar-refractivity contribution >= 4 is 47.6 Å². The lowest BCUT2D eigenvalue weighted by molar-refractivity contribution is 0.174. The van der Waals surface area contributed by atoms with E-state index in [1.54, 1.807) is 30.3 Å². The van der Waals surface area contributed by atoms with E-state index in [1.165, 1.54) is 6.07 Å². The lowest BCUT2D eigenvalue weighted by Crippen LogP contribution is -2.13. The largest absolute Gasteiger partial charge is 0.454 e. The summed E-state index contributed by atoms with van der Waals surface area (Å²) in [7, 11) is -3.71. The Morgan fingerprint density at radius 1 is 1.00 bits per heavy atom. The first-order valence-corrected chi connectivity index (χ1v) is 8.90. The zero-order valence-electron chi connectivity index (χ0n) is 10.5. The van der Waals surface area contributed by atoms with Crippen LogP contribution in [-0.2, 0) is 10.0 Å². The summed E-state index contributed by atoms with van der Waals surface area (Å²) in [5.74, 6) is 1.12. The van der Waals surface area contributed by atoms with Crippen molar-refractivity contribution in [3.63, 3.8) is 0 Å². The van der Waals surface area contributed by atoms with Crippen LogP contribution in [0.3, 0.4) is 0 Å². The first-order chi connectivity index (χ1) is 9.95. The number of hydrogen-bond donors (Lipinski definition) is 1. The highest BCUT2D eigenvalue weighted by Crippen LogP contribution is 2.35. The molecule has 0 saturated heterocycles. The van der Waals surface area contributed by atoms with Crippen LogP contribution in [0.2, 0.25) is 0 Å². The number of fused-ring (bicyclic) bond motifs is 1. The predicted molar refractivity (Wildman–Crippen MR) is 85.2 cm³/mol. The summed E-state index contributed by atoms with van der Waals surface area (Å²) in [5.41, 5.74) is 0.408. The quantitative estimate of drug-likeness (QED) is 0.799. The highest BCUT2D eigenvalue weighted by atomic mass is 79.9. The summed E-state index contributed by atoms with van der Waals surface area (Å²) in [5, 5.41) is 0. The number of ether oxygens (including phenoxy) is 2.